The molecule has 4 heteroatoms. The number of nitrogens with zero attached hydrogens (tertiary/aromatic N) is 1. The number of thiazole rings is 1. The highest BCUT2D eigenvalue weighted by atomic mass is 79.9. The molecule has 1 aromatic carbocycles. The molecule has 0 radical (unpaired) electrons. The van der Waals surface area contributed by atoms with Gasteiger partial charge in [-0.3, -0.25) is 0 Å². The van der Waals surface area contributed by atoms with E-state index >= 15 is 0 Å². The van der Waals surface area contributed by atoms with E-state index < -0.39 is 0 Å². The average molecular weight is 325 g/mol. The van der Waals surface area contributed by atoms with Gasteiger partial charge in [0.05, 0.1) is 10.7 Å². The van der Waals surface area contributed by atoms with Crippen LogP contribution in [0.15, 0.2) is 34.1 Å². The number of aromatic nitrogens is 1. The molecule has 0 bridgehead atoms. The van der Waals surface area contributed by atoms with Crippen LogP contribution in [0.2, 0.25) is 0 Å². The zero-order valence-electron chi connectivity index (χ0n) is 10.6. The van der Waals surface area contributed by atoms with Gasteiger partial charge in [-0.25, -0.2) is 4.98 Å². The lowest BCUT2D eigenvalue weighted by molar-refractivity contribution is 0.476. The van der Waals surface area contributed by atoms with Crippen LogP contribution < -0.4 is 5.73 Å². The molecular weight excluding hydrogens is 308 g/mol. The molecule has 2 nitrogen and oxygen atoms in total. The molecule has 0 fully saturated rings. The Bertz CT molecular complexity index is 529. The van der Waals surface area contributed by atoms with Gasteiger partial charge in [0.2, 0.25) is 0 Å². The van der Waals surface area contributed by atoms with Crippen molar-refractivity contribution in [3.05, 3.63) is 39.1 Å². The quantitative estimate of drug-likeness (QED) is 0.913. The third kappa shape index (κ3) is 3.90. The fourth-order valence-corrected chi connectivity index (χ4v) is 2.84. The first kappa shape index (κ1) is 13.7. The van der Waals surface area contributed by atoms with E-state index in [0.29, 0.717) is 0 Å². The van der Waals surface area contributed by atoms with Gasteiger partial charge >= 0.3 is 0 Å². The maximum absolute atomic E-state index is 5.99. The SMILES string of the molecule is CC(C)(N)CCc1nc(-c2cccc(Br)c2)cs1. The van der Waals surface area contributed by atoms with Gasteiger partial charge in [0, 0.05) is 27.4 Å². The molecule has 2 rings (SSSR count). The maximum atomic E-state index is 5.99. The molecule has 0 atom stereocenters. The fraction of sp³-hybridized carbons (Fsp3) is 0.357. The minimum atomic E-state index is -0.123. The smallest absolute Gasteiger partial charge is 0.0933 e. The van der Waals surface area contributed by atoms with Crippen molar-refractivity contribution in [3.8, 4) is 11.3 Å². The average Bonchev–Trinajstić information content (AvgIpc) is 2.74. The lowest BCUT2D eigenvalue weighted by atomic mass is 10.0. The molecule has 0 saturated carbocycles. The number of rotatable bonds is 4. The number of hydrogen-bond donors (Lipinski definition) is 1. The number of benzene rings is 1. The van der Waals surface area contributed by atoms with Gasteiger partial charge in [-0.05, 0) is 32.4 Å². The van der Waals surface area contributed by atoms with Crippen molar-refractivity contribution in [3.63, 3.8) is 0 Å². The van der Waals surface area contributed by atoms with Crippen molar-refractivity contribution < 1.29 is 0 Å². The van der Waals surface area contributed by atoms with E-state index in [4.69, 9.17) is 5.73 Å². The first-order valence-corrected chi connectivity index (χ1v) is 7.60. The van der Waals surface area contributed by atoms with Crippen LogP contribution in [0.4, 0.5) is 0 Å². The second-order valence-electron chi connectivity index (χ2n) is 5.13. The second-order valence-corrected chi connectivity index (χ2v) is 6.98. The first-order chi connectivity index (χ1) is 8.44. The van der Waals surface area contributed by atoms with Crippen molar-refractivity contribution in [2.75, 3.05) is 0 Å². The summed E-state index contributed by atoms with van der Waals surface area (Å²) in [7, 11) is 0. The van der Waals surface area contributed by atoms with Gasteiger partial charge in [0.15, 0.2) is 0 Å². The predicted octanol–water partition coefficient (Wildman–Crippen LogP) is 4.24. The molecule has 96 valence electrons. The monoisotopic (exact) mass is 324 g/mol. The van der Waals surface area contributed by atoms with Crippen LogP contribution >= 0.6 is 27.3 Å². The van der Waals surface area contributed by atoms with Gasteiger partial charge in [0.25, 0.3) is 0 Å². The summed E-state index contributed by atoms with van der Waals surface area (Å²) < 4.78 is 1.08. The molecule has 0 saturated heterocycles. The zero-order chi connectivity index (χ0) is 13.2. The summed E-state index contributed by atoms with van der Waals surface area (Å²) in [6.45, 7) is 4.10. The van der Waals surface area contributed by atoms with E-state index in [1.165, 1.54) is 0 Å². The Kier molecular flexibility index (Phi) is 4.20. The van der Waals surface area contributed by atoms with Gasteiger partial charge in [-0.2, -0.15) is 0 Å². The summed E-state index contributed by atoms with van der Waals surface area (Å²) in [5.74, 6) is 0. The fourth-order valence-electron chi connectivity index (χ4n) is 1.64. The van der Waals surface area contributed by atoms with Crippen molar-refractivity contribution in [1.82, 2.24) is 4.98 Å². The number of aryl methyl sites for hydroxylation is 1. The Morgan fingerprint density at radius 2 is 2.17 bits per heavy atom. The van der Waals surface area contributed by atoms with E-state index in [1.807, 2.05) is 12.1 Å². The van der Waals surface area contributed by atoms with Crippen LogP contribution in [0, 0.1) is 0 Å². The van der Waals surface area contributed by atoms with Crippen LogP contribution in [0.5, 0.6) is 0 Å². The Labute approximate surface area is 120 Å². The van der Waals surface area contributed by atoms with Crippen LogP contribution in [0.25, 0.3) is 11.3 Å². The Morgan fingerprint density at radius 3 is 2.83 bits per heavy atom. The molecule has 1 aromatic heterocycles. The van der Waals surface area contributed by atoms with Crippen LogP contribution in [-0.4, -0.2) is 10.5 Å². The maximum Gasteiger partial charge on any atom is 0.0933 e. The van der Waals surface area contributed by atoms with E-state index in [0.717, 1.165) is 33.6 Å². The molecule has 2 aromatic rings. The van der Waals surface area contributed by atoms with Crippen LogP contribution in [-0.2, 0) is 6.42 Å². The van der Waals surface area contributed by atoms with Gasteiger partial charge < -0.3 is 5.73 Å². The van der Waals surface area contributed by atoms with Crippen LogP contribution in [0.1, 0.15) is 25.3 Å². The predicted molar refractivity (Wildman–Crippen MR) is 81.8 cm³/mol. The molecule has 0 amide bonds. The van der Waals surface area contributed by atoms with E-state index in [1.54, 1.807) is 11.3 Å². The summed E-state index contributed by atoms with van der Waals surface area (Å²) in [5, 5.41) is 3.27. The molecular formula is C14H17BrN2S. The highest BCUT2D eigenvalue weighted by molar-refractivity contribution is 9.10. The summed E-state index contributed by atoms with van der Waals surface area (Å²) in [5.41, 5.74) is 8.07. The van der Waals surface area contributed by atoms with Crippen molar-refractivity contribution >= 4 is 27.3 Å². The molecule has 0 spiro atoms. The zero-order valence-corrected chi connectivity index (χ0v) is 13.0. The summed E-state index contributed by atoms with van der Waals surface area (Å²) in [6.07, 6.45) is 1.90. The summed E-state index contributed by atoms with van der Waals surface area (Å²) in [6, 6.07) is 8.22. The Hall–Kier alpha value is -0.710. The number of nitrogens with two attached hydrogens (primary N) is 1. The molecule has 1 heterocycles. The highest BCUT2D eigenvalue weighted by Crippen LogP contribution is 2.25. The lowest BCUT2D eigenvalue weighted by Gasteiger charge is -2.16. The van der Waals surface area contributed by atoms with Crippen molar-refractivity contribution in [2.24, 2.45) is 5.73 Å². The molecule has 0 aliphatic rings. The van der Waals surface area contributed by atoms with Crippen molar-refractivity contribution in [2.45, 2.75) is 32.2 Å². The molecule has 2 N–H and O–H groups in total. The van der Waals surface area contributed by atoms with E-state index in [2.05, 4.69) is 52.3 Å². The van der Waals surface area contributed by atoms with Crippen LogP contribution in [0.3, 0.4) is 0 Å². The Morgan fingerprint density at radius 1 is 1.39 bits per heavy atom. The van der Waals surface area contributed by atoms with Gasteiger partial charge in [-0.1, -0.05) is 28.1 Å². The van der Waals surface area contributed by atoms with Gasteiger partial charge in [0.1, 0.15) is 0 Å². The molecule has 0 aliphatic carbocycles. The number of hydrogen-bond acceptors (Lipinski definition) is 3. The molecule has 0 unspecified atom stereocenters. The summed E-state index contributed by atoms with van der Waals surface area (Å²) in [4.78, 5) is 4.67. The third-order valence-electron chi connectivity index (χ3n) is 2.66. The summed E-state index contributed by atoms with van der Waals surface area (Å²) >= 11 is 5.19. The first-order valence-electron chi connectivity index (χ1n) is 5.93. The minimum absolute atomic E-state index is 0.123. The number of halogens is 1. The third-order valence-corrected chi connectivity index (χ3v) is 4.06. The standard InChI is InChI=1S/C14H17BrN2S/c1-14(2,16)7-6-13-17-12(9-18-13)10-4-3-5-11(15)8-10/h3-5,8-9H,6-7,16H2,1-2H3. The molecule has 0 aliphatic heterocycles. The second kappa shape index (κ2) is 5.51. The normalized spacial score (nSPS) is 11.8. The van der Waals surface area contributed by atoms with Crippen molar-refractivity contribution in [1.29, 1.82) is 0 Å². The van der Waals surface area contributed by atoms with E-state index in [-0.39, 0.29) is 5.54 Å². The highest BCUT2D eigenvalue weighted by Gasteiger charge is 2.12. The largest absolute Gasteiger partial charge is 0.326 e. The molecule has 18 heavy (non-hydrogen) atoms. The topological polar surface area (TPSA) is 38.9 Å². The van der Waals surface area contributed by atoms with Gasteiger partial charge in [-0.15, -0.1) is 11.3 Å². The minimum Gasteiger partial charge on any atom is -0.326 e. The van der Waals surface area contributed by atoms with E-state index in [9.17, 15) is 0 Å². The lowest BCUT2D eigenvalue weighted by Crippen LogP contribution is -2.32. The Balaban J connectivity index is 2.11.